The number of nitrogens with two attached hydrogens (primary N) is 1. The summed E-state index contributed by atoms with van der Waals surface area (Å²) in [5.74, 6) is 0.837. The Labute approximate surface area is 134 Å². The summed E-state index contributed by atoms with van der Waals surface area (Å²) < 4.78 is 8.98. The van der Waals surface area contributed by atoms with E-state index in [1.165, 1.54) is 5.56 Å². The van der Waals surface area contributed by atoms with E-state index in [-0.39, 0.29) is 6.04 Å². The van der Waals surface area contributed by atoms with E-state index in [4.69, 9.17) is 10.5 Å². The summed E-state index contributed by atoms with van der Waals surface area (Å²) in [5, 5.41) is 4.48. The highest BCUT2D eigenvalue weighted by Crippen LogP contribution is 2.28. The molecule has 0 saturated heterocycles. The fourth-order valence-corrected chi connectivity index (χ4v) is 2.71. The summed E-state index contributed by atoms with van der Waals surface area (Å²) in [6, 6.07) is 6.05. The van der Waals surface area contributed by atoms with E-state index >= 15 is 0 Å². The molecular weight excluding hydrogens is 330 g/mol. The molecule has 4 nitrogen and oxygen atoms in total. The summed E-state index contributed by atoms with van der Waals surface area (Å²) in [4.78, 5) is 0. The summed E-state index contributed by atoms with van der Waals surface area (Å²) in [5.41, 5.74) is 10.3. The number of benzene rings is 1. The molecule has 114 valence electrons. The lowest BCUT2D eigenvalue weighted by Crippen LogP contribution is -2.10. The molecule has 1 atom stereocenters. The molecule has 2 N–H and O–H groups in total. The van der Waals surface area contributed by atoms with Crippen LogP contribution >= 0.6 is 15.9 Å². The van der Waals surface area contributed by atoms with Crippen LogP contribution in [0.1, 0.15) is 42.4 Å². The molecule has 0 amide bonds. The molecule has 1 aromatic heterocycles. The van der Waals surface area contributed by atoms with Gasteiger partial charge in [0, 0.05) is 18.2 Å². The van der Waals surface area contributed by atoms with Gasteiger partial charge in [0.2, 0.25) is 0 Å². The predicted molar refractivity (Wildman–Crippen MR) is 88.5 cm³/mol. The summed E-state index contributed by atoms with van der Waals surface area (Å²) >= 11 is 3.59. The van der Waals surface area contributed by atoms with Crippen LogP contribution in [-0.2, 0) is 13.2 Å². The van der Waals surface area contributed by atoms with Crippen LogP contribution in [0.3, 0.4) is 0 Å². The Morgan fingerprint density at radius 1 is 1.38 bits per heavy atom. The Morgan fingerprint density at radius 3 is 2.71 bits per heavy atom. The van der Waals surface area contributed by atoms with Crippen LogP contribution in [-0.4, -0.2) is 9.78 Å². The van der Waals surface area contributed by atoms with E-state index in [9.17, 15) is 0 Å². The van der Waals surface area contributed by atoms with Crippen molar-refractivity contribution in [3.63, 3.8) is 0 Å². The number of ether oxygens (including phenoxy) is 1. The first kappa shape index (κ1) is 16.0. The number of aromatic nitrogens is 2. The normalized spacial score (nSPS) is 12.5. The third kappa shape index (κ3) is 3.47. The number of halogens is 1. The van der Waals surface area contributed by atoms with Crippen molar-refractivity contribution in [3.8, 4) is 5.75 Å². The van der Waals surface area contributed by atoms with E-state index in [0.29, 0.717) is 6.61 Å². The average Bonchev–Trinajstić information content (AvgIpc) is 2.72. The number of aryl methyl sites for hydroxylation is 3. The van der Waals surface area contributed by atoms with Gasteiger partial charge >= 0.3 is 0 Å². The van der Waals surface area contributed by atoms with Gasteiger partial charge in [0.15, 0.2) is 0 Å². The quantitative estimate of drug-likeness (QED) is 0.889. The highest BCUT2D eigenvalue weighted by Gasteiger charge is 2.14. The monoisotopic (exact) mass is 351 g/mol. The summed E-state index contributed by atoms with van der Waals surface area (Å²) in [6.45, 7) is 9.37. The second-order valence-electron chi connectivity index (χ2n) is 5.28. The number of nitrogens with zero attached hydrogens (tertiary/aromatic N) is 2. The van der Waals surface area contributed by atoms with Crippen molar-refractivity contribution in [2.75, 3.05) is 0 Å². The van der Waals surface area contributed by atoms with Gasteiger partial charge in [0.25, 0.3) is 0 Å². The second-order valence-corrected chi connectivity index (χ2v) is 6.07. The topological polar surface area (TPSA) is 53.1 Å². The number of hydrogen-bond acceptors (Lipinski definition) is 3. The first-order valence-corrected chi connectivity index (χ1v) is 7.94. The first-order chi connectivity index (χ1) is 9.93. The van der Waals surface area contributed by atoms with Gasteiger partial charge < -0.3 is 10.5 Å². The molecule has 21 heavy (non-hydrogen) atoms. The Balaban J connectivity index is 2.25. The van der Waals surface area contributed by atoms with Crippen LogP contribution < -0.4 is 10.5 Å². The van der Waals surface area contributed by atoms with Gasteiger partial charge in [-0.3, -0.25) is 4.68 Å². The van der Waals surface area contributed by atoms with Crippen LogP contribution in [0.5, 0.6) is 5.75 Å². The molecule has 0 aliphatic heterocycles. The van der Waals surface area contributed by atoms with Crippen LogP contribution in [0.4, 0.5) is 0 Å². The molecule has 1 unspecified atom stereocenters. The zero-order chi connectivity index (χ0) is 15.6. The van der Waals surface area contributed by atoms with Crippen molar-refractivity contribution in [1.82, 2.24) is 9.78 Å². The van der Waals surface area contributed by atoms with Gasteiger partial charge in [0.05, 0.1) is 15.9 Å². The molecule has 1 aromatic carbocycles. The zero-order valence-corrected chi connectivity index (χ0v) is 14.6. The largest absolute Gasteiger partial charge is 0.487 e. The molecule has 0 fully saturated rings. The molecule has 1 heterocycles. The molecule has 0 aliphatic carbocycles. The van der Waals surface area contributed by atoms with Crippen molar-refractivity contribution >= 4 is 15.9 Å². The first-order valence-electron chi connectivity index (χ1n) is 7.14. The fraction of sp³-hybridized carbons (Fsp3) is 0.438. The molecule has 0 radical (unpaired) electrons. The molecule has 0 bridgehead atoms. The van der Waals surface area contributed by atoms with Gasteiger partial charge in [0.1, 0.15) is 12.4 Å². The van der Waals surface area contributed by atoms with Crippen molar-refractivity contribution in [1.29, 1.82) is 0 Å². The van der Waals surface area contributed by atoms with Crippen LogP contribution in [0.25, 0.3) is 0 Å². The minimum Gasteiger partial charge on any atom is -0.487 e. The number of rotatable bonds is 5. The fourth-order valence-electron chi connectivity index (χ4n) is 2.31. The highest BCUT2D eigenvalue weighted by atomic mass is 79.9. The van der Waals surface area contributed by atoms with Crippen molar-refractivity contribution in [2.45, 2.75) is 46.9 Å². The lowest BCUT2D eigenvalue weighted by atomic mass is 10.1. The molecular formula is C16H22BrN3O. The van der Waals surface area contributed by atoms with Gasteiger partial charge in [-0.05, 0) is 49.7 Å². The van der Waals surface area contributed by atoms with Crippen molar-refractivity contribution in [3.05, 3.63) is 45.2 Å². The maximum Gasteiger partial charge on any atom is 0.131 e. The van der Waals surface area contributed by atoms with Crippen molar-refractivity contribution in [2.24, 2.45) is 5.73 Å². The van der Waals surface area contributed by atoms with E-state index in [1.807, 2.05) is 30.7 Å². The maximum absolute atomic E-state index is 6.04. The third-order valence-corrected chi connectivity index (χ3v) is 4.50. The highest BCUT2D eigenvalue weighted by molar-refractivity contribution is 9.10. The standard InChI is InChI=1S/C16H22BrN3O/c1-5-20-14(16(17)12(4)19-20)9-21-15-7-6-10(2)8-13(15)11(3)18/h6-8,11H,5,9,18H2,1-4H3. The Bertz CT molecular complexity index is 635. The summed E-state index contributed by atoms with van der Waals surface area (Å²) in [6.07, 6.45) is 0. The minimum absolute atomic E-state index is 0.0545. The molecule has 2 rings (SSSR count). The van der Waals surface area contributed by atoms with E-state index in [1.54, 1.807) is 0 Å². The number of hydrogen-bond donors (Lipinski definition) is 1. The SMILES string of the molecule is CCn1nc(C)c(Br)c1COc1ccc(C)cc1C(C)N. The van der Waals surface area contributed by atoms with E-state index < -0.39 is 0 Å². The third-order valence-electron chi connectivity index (χ3n) is 3.47. The van der Waals surface area contributed by atoms with Gasteiger partial charge in [-0.1, -0.05) is 17.7 Å². The minimum atomic E-state index is -0.0545. The van der Waals surface area contributed by atoms with Crippen molar-refractivity contribution < 1.29 is 4.74 Å². The lowest BCUT2D eigenvalue weighted by Gasteiger charge is -2.15. The molecule has 0 saturated carbocycles. The molecule has 5 heteroatoms. The Morgan fingerprint density at radius 2 is 2.10 bits per heavy atom. The van der Waals surface area contributed by atoms with Crippen LogP contribution in [0.15, 0.2) is 22.7 Å². The van der Waals surface area contributed by atoms with E-state index in [2.05, 4.69) is 40.9 Å². The molecule has 0 aliphatic rings. The van der Waals surface area contributed by atoms with Gasteiger partial charge in [-0.2, -0.15) is 5.10 Å². The van der Waals surface area contributed by atoms with Gasteiger partial charge in [-0.15, -0.1) is 0 Å². The van der Waals surface area contributed by atoms with Gasteiger partial charge in [-0.25, -0.2) is 0 Å². The Hall–Kier alpha value is -1.33. The summed E-state index contributed by atoms with van der Waals surface area (Å²) in [7, 11) is 0. The zero-order valence-electron chi connectivity index (χ0n) is 13.0. The second kappa shape index (κ2) is 6.62. The molecule has 0 spiro atoms. The Kier molecular flexibility index (Phi) is 5.06. The van der Waals surface area contributed by atoms with E-state index in [0.717, 1.165) is 33.7 Å². The smallest absolute Gasteiger partial charge is 0.131 e. The molecule has 2 aromatic rings. The predicted octanol–water partition coefficient (Wildman–Crippen LogP) is 3.88. The maximum atomic E-state index is 6.04. The lowest BCUT2D eigenvalue weighted by molar-refractivity contribution is 0.287. The van der Waals surface area contributed by atoms with Crippen LogP contribution in [0.2, 0.25) is 0 Å². The average molecular weight is 352 g/mol. The van der Waals surface area contributed by atoms with Crippen LogP contribution in [0, 0.1) is 13.8 Å².